The first kappa shape index (κ1) is 9.41. The van der Waals surface area contributed by atoms with Gasteiger partial charge in [0.1, 0.15) is 0 Å². The molecule has 0 saturated heterocycles. The van der Waals surface area contributed by atoms with Crippen LogP contribution in [0.2, 0.25) is 0 Å². The molecule has 1 unspecified atom stereocenters. The van der Waals surface area contributed by atoms with Crippen molar-refractivity contribution >= 4 is 5.96 Å². The summed E-state index contributed by atoms with van der Waals surface area (Å²) >= 11 is 0. The van der Waals surface area contributed by atoms with Gasteiger partial charge in [-0.3, -0.25) is 4.99 Å². The van der Waals surface area contributed by atoms with E-state index >= 15 is 0 Å². The first-order valence-corrected chi connectivity index (χ1v) is 3.98. The summed E-state index contributed by atoms with van der Waals surface area (Å²) in [7, 11) is 0. The van der Waals surface area contributed by atoms with Crippen LogP contribution in [0.15, 0.2) is 22.8 Å². The Kier molecular flexibility index (Phi) is 3.16. The second kappa shape index (κ2) is 4.37. The van der Waals surface area contributed by atoms with Gasteiger partial charge in [0.2, 0.25) is 0 Å². The van der Waals surface area contributed by atoms with E-state index in [-0.39, 0.29) is 6.04 Å². The molecule has 0 bridgehead atoms. The van der Waals surface area contributed by atoms with Gasteiger partial charge in [0.05, 0.1) is 12.6 Å². The topological polar surface area (TPSA) is 90.4 Å². The Hall–Kier alpha value is -1.68. The minimum absolute atomic E-state index is 0.0916. The quantitative estimate of drug-likeness (QED) is 0.295. The highest BCUT2D eigenvalue weighted by molar-refractivity contribution is 5.80. The standard InChI is InChI=1S/C7H12N6/c1-2-3-13-6(5-11-12-9)4-10-7(13)8/h2,6H,1,3-5H2,(H2,8,10). The molecule has 0 aromatic rings. The lowest BCUT2D eigenvalue weighted by Gasteiger charge is -2.23. The van der Waals surface area contributed by atoms with Crippen LogP contribution in [-0.2, 0) is 0 Å². The summed E-state index contributed by atoms with van der Waals surface area (Å²) in [4.78, 5) is 8.64. The summed E-state index contributed by atoms with van der Waals surface area (Å²) in [5.41, 5.74) is 13.8. The van der Waals surface area contributed by atoms with Crippen molar-refractivity contribution in [2.75, 3.05) is 19.6 Å². The zero-order chi connectivity index (χ0) is 9.68. The predicted molar refractivity (Wildman–Crippen MR) is 51.2 cm³/mol. The van der Waals surface area contributed by atoms with Crippen molar-refractivity contribution in [3.63, 3.8) is 0 Å². The van der Waals surface area contributed by atoms with Crippen molar-refractivity contribution in [3.8, 4) is 0 Å². The number of aliphatic imine (C=N–C) groups is 1. The normalized spacial score (nSPS) is 20.8. The second-order valence-corrected chi connectivity index (χ2v) is 2.71. The van der Waals surface area contributed by atoms with Gasteiger partial charge in [0, 0.05) is 18.0 Å². The van der Waals surface area contributed by atoms with Gasteiger partial charge in [0.25, 0.3) is 0 Å². The fraction of sp³-hybridized carbons (Fsp3) is 0.571. The number of guanidine groups is 1. The Morgan fingerprint density at radius 3 is 3.31 bits per heavy atom. The molecule has 1 aliphatic heterocycles. The highest BCUT2D eigenvalue weighted by Crippen LogP contribution is 2.08. The van der Waals surface area contributed by atoms with Crippen LogP contribution in [0.1, 0.15) is 0 Å². The number of nitrogens with two attached hydrogens (primary N) is 1. The Bertz CT molecular complexity index is 264. The van der Waals surface area contributed by atoms with Crippen LogP contribution < -0.4 is 5.73 Å². The van der Waals surface area contributed by atoms with E-state index in [4.69, 9.17) is 11.3 Å². The zero-order valence-electron chi connectivity index (χ0n) is 7.30. The molecule has 1 aliphatic rings. The van der Waals surface area contributed by atoms with Gasteiger partial charge in [-0.2, -0.15) is 0 Å². The molecule has 0 saturated carbocycles. The van der Waals surface area contributed by atoms with Crippen molar-refractivity contribution < 1.29 is 0 Å². The molecule has 6 nitrogen and oxygen atoms in total. The minimum Gasteiger partial charge on any atom is -0.370 e. The minimum atomic E-state index is 0.0916. The van der Waals surface area contributed by atoms with Crippen LogP contribution in [-0.4, -0.2) is 36.5 Å². The van der Waals surface area contributed by atoms with E-state index in [9.17, 15) is 0 Å². The van der Waals surface area contributed by atoms with Gasteiger partial charge in [0.15, 0.2) is 5.96 Å². The Morgan fingerprint density at radius 2 is 2.69 bits per heavy atom. The number of hydrogen-bond donors (Lipinski definition) is 1. The van der Waals surface area contributed by atoms with Crippen LogP contribution in [0.25, 0.3) is 10.4 Å². The van der Waals surface area contributed by atoms with Crippen LogP contribution >= 0.6 is 0 Å². The summed E-state index contributed by atoms with van der Waals surface area (Å²) in [6.45, 7) is 5.25. The molecule has 0 fully saturated rings. The van der Waals surface area contributed by atoms with E-state index in [0.717, 1.165) is 0 Å². The SMILES string of the molecule is C=CCN1C(N)=NCC1CN=[N+]=[N-]. The van der Waals surface area contributed by atoms with E-state index in [1.807, 2.05) is 4.90 Å². The third-order valence-corrected chi connectivity index (χ3v) is 1.88. The Balaban J connectivity index is 2.57. The molecule has 0 spiro atoms. The summed E-state index contributed by atoms with van der Waals surface area (Å²) in [6, 6.07) is 0.0916. The van der Waals surface area contributed by atoms with E-state index in [1.165, 1.54) is 0 Å². The molecule has 0 radical (unpaired) electrons. The van der Waals surface area contributed by atoms with Crippen molar-refractivity contribution in [3.05, 3.63) is 23.1 Å². The van der Waals surface area contributed by atoms with Gasteiger partial charge in [-0.05, 0) is 5.53 Å². The lowest BCUT2D eigenvalue weighted by molar-refractivity contribution is 0.376. The molecule has 70 valence electrons. The monoisotopic (exact) mass is 180 g/mol. The van der Waals surface area contributed by atoms with E-state index < -0.39 is 0 Å². The molecule has 13 heavy (non-hydrogen) atoms. The molecule has 0 aliphatic carbocycles. The van der Waals surface area contributed by atoms with Crippen LogP contribution in [0.4, 0.5) is 0 Å². The van der Waals surface area contributed by atoms with Crippen LogP contribution in [0, 0.1) is 0 Å². The Morgan fingerprint density at radius 1 is 1.92 bits per heavy atom. The maximum absolute atomic E-state index is 8.16. The average molecular weight is 180 g/mol. The number of nitrogens with zero attached hydrogens (tertiary/aromatic N) is 5. The van der Waals surface area contributed by atoms with Gasteiger partial charge >= 0.3 is 0 Å². The summed E-state index contributed by atoms with van der Waals surface area (Å²) in [5.74, 6) is 0.498. The molecule has 1 rings (SSSR count). The fourth-order valence-corrected chi connectivity index (χ4v) is 1.24. The van der Waals surface area contributed by atoms with Crippen LogP contribution in [0.5, 0.6) is 0 Å². The molecular formula is C7H12N6. The summed E-state index contributed by atoms with van der Waals surface area (Å²) < 4.78 is 0. The second-order valence-electron chi connectivity index (χ2n) is 2.71. The third kappa shape index (κ3) is 2.13. The molecule has 1 heterocycles. The van der Waals surface area contributed by atoms with Gasteiger partial charge in [-0.15, -0.1) is 6.58 Å². The molecular weight excluding hydrogens is 168 g/mol. The maximum Gasteiger partial charge on any atom is 0.191 e. The summed E-state index contributed by atoms with van der Waals surface area (Å²) in [5, 5.41) is 3.50. The highest BCUT2D eigenvalue weighted by Gasteiger charge is 2.23. The lowest BCUT2D eigenvalue weighted by atomic mass is 10.3. The van der Waals surface area contributed by atoms with Crippen molar-refractivity contribution in [2.24, 2.45) is 15.8 Å². The van der Waals surface area contributed by atoms with E-state index in [2.05, 4.69) is 21.6 Å². The third-order valence-electron chi connectivity index (χ3n) is 1.88. The molecule has 0 aromatic heterocycles. The largest absolute Gasteiger partial charge is 0.370 e. The van der Waals surface area contributed by atoms with Crippen molar-refractivity contribution in [1.82, 2.24) is 4.90 Å². The molecule has 2 N–H and O–H groups in total. The smallest absolute Gasteiger partial charge is 0.191 e. The Labute approximate surface area is 76.4 Å². The first-order valence-electron chi connectivity index (χ1n) is 3.98. The van der Waals surface area contributed by atoms with Crippen molar-refractivity contribution in [1.29, 1.82) is 0 Å². The van der Waals surface area contributed by atoms with Gasteiger partial charge < -0.3 is 10.6 Å². The van der Waals surface area contributed by atoms with Crippen molar-refractivity contribution in [2.45, 2.75) is 6.04 Å². The number of rotatable bonds is 4. The highest BCUT2D eigenvalue weighted by atomic mass is 15.3. The number of azide groups is 1. The number of hydrogen-bond acceptors (Lipinski definition) is 4. The van der Waals surface area contributed by atoms with Crippen LogP contribution in [0.3, 0.4) is 0 Å². The maximum atomic E-state index is 8.16. The molecule has 0 amide bonds. The zero-order valence-corrected chi connectivity index (χ0v) is 7.30. The molecule has 0 aromatic carbocycles. The van der Waals surface area contributed by atoms with Gasteiger partial charge in [-0.25, -0.2) is 0 Å². The van der Waals surface area contributed by atoms with E-state index in [0.29, 0.717) is 25.6 Å². The predicted octanol–water partition coefficient (Wildman–Crippen LogP) is 0.482. The molecule has 1 atom stereocenters. The lowest BCUT2D eigenvalue weighted by Crippen LogP contribution is -2.42. The first-order chi connectivity index (χ1) is 6.29. The summed E-state index contributed by atoms with van der Waals surface area (Å²) in [6.07, 6.45) is 1.75. The fourth-order valence-electron chi connectivity index (χ4n) is 1.24. The van der Waals surface area contributed by atoms with Gasteiger partial charge in [-0.1, -0.05) is 11.2 Å². The average Bonchev–Trinajstić information content (AvgIpc) is 2.46. The van der Waals surface area contributed by atoms with E-state index in [1.54, 1.807) is 6.08 Å². The molecule has 6 heteroatoms.